The number of benzene rings is 3. The highest BCUT2D eigenvalue weighted by atomic mass is 32.1. The normalized spacial score (nSPS) is 12.8. The Balaban J connectivity index is 1.44. The highest BCUT2D eigenvalue weighted by Gasteiger charge is 2.19. The summed E-state index contributed by atoms with van der Waals surface area (Å²) >= 11 is 1.18. The second-order valence-corrected chi connectivity index (χ2v) is 8.76. The average Bonchev–Trinajstić information content (AvgIpc) is 3.38. The summed E-state index contributed by atoms with van der Waals surface area (Å²) in [6.07, 6.45) is 1.65. The van der Waals surface area contributed by atoms with Crippen molar-refractivity contribution in [1.82, 2.24) is 14.6 Å². The Bertz CT molecular complexity index is 1630. The highest BCUT2D eigenvalue weighted by molar-refractivity contribution is 7.15. The third-order valence-corrected chi connectivity index (χ3v) is 6.52. The monoisotopic (exact) mass is 472 g/mol. The molecule has 5 aromatic rings. The van der Waals surface area contributed by atoms with Crippen LogP contribution in [0.15, 0.2) is 77.6 Å². The fourth-order valence-electron chi connectivity index (χ4n) is 3.68. The number of aromatic nitrogens is 3. The molecule has 0 amide bonds. The van der Waals surface area contributed by atoms with Crippen molar-refractivity contribution in [3.05, 3.63) is 121 Å². The van der Waals surface area contributed by atoms with E-state index in [4.69, 9.17) is 0 Å². The first-order valence-corrected chi connectivity index (χ1v) is 11.2. The summed E-state index contributed by atoms with van der Waals surface area (Å²) in [5.74, 6) is -0.217. The number of hydrogen-bond acceptors (Lipinski definition) is 6. The molecule has 0 N–H and O–H groups in total. The van der Waals surface area contributed by atoms with E-state index in [-0.39, 0.29) is 23.0 Å². The van der Waals surface area contributed by atoms with Crippen molar-refractivity contribution < 1.29 is 9.31 Å². The molecule has 2 heterocycles. The van der Waals surface area contributed by atoms with Crippen molar-refractivity contribution in [3.63, 3.8) is 0 Å². The number of rotatable bonds is 5. The number of non-ortho nitro benzene ring substituents is 1. The van der Waals surface area contributed by atoms with E-state index in [2.05, 4.69) is 10.1 Å². The number of nitro groups is 1. The minimum absolute atomic E-state index is 0.0194. The number of nitro benzene ring substituents is 1. The van der Waals surface area contributed by atoms with Gasteiger partial charge in [-0.25, -0.2) is 9.37 Å². The molecule has 2 aromatic heterocycles. The van der Waals surface area contributed by atoms with Crippen LogP contribution < -0.4 is 10.1 Å². The molecule has 9 heteroatoms. The summed E-state index contributed by atoms with van der Waals surface area (Å²) < 4.78 is 16.5. The minimum atomic E-state index is -0.476. The molecule has 0 radical (unpaired) electrons. The summed E-state index contributed by atoms with van der Waals surface area (Å²) in [6, 6.07) is 20.3. The molecule has 0 aliphatic rings. The predicted octanol–water partition coefficient (Wildman–Crippen LogP) is 4.56. The van der Waals surface area contributed by atoms with Gasteiger partial charge in [-0.1, -0.05) is 60.7 Å². The Morgan fingerprint density at radius 1 is 1.09 bits per heavy atom. The molecule has 0 spiro atoms. The van der Waals surface area contributed by atoms with Gasteiger partial charge in [0.05, 0.1) is 9.46 Å². The van der Waals surface area contributed by atoms with Gasteiger partial charge in [0, 0.05) is 23.6 Å². The molecule has 0 aliphatic heterocycles. The van der Waals surface area contributed by atoms with Crippen molar-refractivity contribution in [2.24, 2.45) is 0 Å². The molecule has 0 saturated heterocycles. The molecule has 0 aliphatic carbocycles. The quantitative estimate of drug-likeness (QED) is 0.276. The van der Waals surface area contributed by atoms with Gasteiger partial charge in [0.2, 0.25) is 4.96 Å². The van der Waals surface area contributed by atoms with Gasteiger partial charge >= 0.3 is 0 Å². The van der Waals surface area contributed by atoms with Crippen molar-refractivity contribution in [3.8, 4) is 11.1 Å². The number of thiazole rings is 1. The van der Waals surface area contributed by atoms with Gasteiger partial charge < -0.3 is 0 Å². The lowest BCUT2D eigenvalue weighted by Gasteiger charge is -2.10. The number of halogens is 1. The lowest BCUT2D eigenvalue weighted by molar-refractivity contribution is -0.384. The van der Waals surface area contributed by atoms with Gasteiger partial charge in [-0.2, -0.15) is 4.52 Å². The average molecular weight is 473 g/mol. The van der Waals surface area contributed by atoms with E-state index in [1.807, 2.05) is 43.3 Å². The van der Waals surface area contributed by atoms with Crippen molar-refractivity contribution in [2.45, 2.75) is 12.8 Å². The highest BCUT2D eigenvalue weighted by Crippen LogP contribution is 2.28. The van der Waals surface area contributed by atoms with E-state index in [0.717, 1.165) is 5.56 Å². The summed E-state index contributed by atoms with van der Waals surface area (Å²) in [5.41, 5.74) is 2.34. The third kappa shape index (κ3) is 3.97. The number of hydrogen-bond donors (Lipinski definition) is 0. The van der Waals surface area contributed by atoms with E-state index in [0.29, 0.717) is 32.0 Å². The molecule has 34 heavy (non-hydrogen) atoms. The van der Waals surface area contributed by atoms with Crippen LogP contribution in [-0.4, -0.2) is 19.5 Å². The lowest BCUT2D eigenvalue weighted by Crippen LogP contribution is -2.24. The Kier molecular flexibility index (Phi) is 5.46. The fraction of sp³-hybridized carbons (Fsp3) is 0.0800. The molecule has 0 bridgehead atoms. The van der Waals surface area contributed by atoms with Crippen LogP contribution in [0.2, 0.25) is 0 Å². The van der Waals surface area contributed by atoms with Crippen LogP contribution in [-0.2, 0) is 0 Å². The zero-order valence-corrected chi connectivity index (χ0v) is 18.7. The number of fused-ring (bicyclic) bond motifs is 1. The Hall–Kier alpha value is -4.24. The Morgan fingerprint density at radius 3 is 2.47 bits per heavy atom. The van der Waals surface area contributed by atoms with Gasteiger partial charge in [0.25, 0.3) is 11.2 Å². The Morgan fingerprint density at radius 2 is 1.82 bits per heavy atom. The standard InChI is InChI=1S/C25H17FN4O3S/c1-15(18-9-12-20(21(26)14-18)17-5-3-2-4-6-17)23-27-25-29(28-23)24(31)22(34-25)13-16-7-10-19(11-8-16)30(32)33/h2-15H,1H3/b22-13-. The van der Waals surface area contributed by atoms with Gasteiger partial charge in [-0.15, -0.1) is 5.10 Å². The lowest BCUT2D eigenvalue weighted by atomic mass is 9.96. The molecule has 0 fully saturated rings. The maximum Gasteiger partial charge on any atom is 0.291 e. The summed E-state index contributed by atoms with van der Waals surface area (Å²) in [4.78, 5) is 28.1. The van der Waals surface area contributed by atoms with Crippen molar-refractivity contribution in [2.75, 3.05) is 0 Å². The van der Waals surface area contributed by atoms with Gasteiger partial charge in [0.15, 0.2) is 5.82 Å². The van der Waals surface area contributed by atoms with E-state index < -0.39 is 4.92 Å². The molecular formula is C25H17FN4O3S. The number of nitrogens with zero attached hydrogens (tertiary/aromatic N) is 4. The van der Waals surface area contributed by atoms with Crippen LogP contribution in [0.4, 0.5) is 10.1 Å². The maximum atomic E-state index is 14.8. The minimum Gasteiger partial charge on any atom is -0.266 e. The van der Waals surface area contributed by atoms with E-state index in [1.54, 1.807) is 24.3 Å². The topological polar surface area (TPSA) is 90.4 Å². The Labute approximate surface area is 196 Å². The van der Waals surface area contributed by atoms with Crippen LogP contribution >= 0.6 is 11.3 Å². The third-order valence-electron chi connectivity index (χ3n) is 5.57. The summed E-state index contributed by atoms with van der Waals surface area (Å²) in [5, 5.41) is 15.2. The SMILES string of the molecule is CC(c1ccc(-c2ccccc2)c(F)c1)c1nc2s/c(=C\c3ccc([N+](=O)[O-])cc3)c(=O)n2n1. The van der Waals surface area contributed by atoms with Crippen LogP contribution in [0.1, 0.15) is 29.8 Å². The maximum absolute atomic E-state index is 14.8. The van der Waals surface area contributed by atoms with E-state index in [9.17, 15) is 19.3 Å². The van der Waals surface area contributed by atoms with E-state index >= 15 is 0 Å². The molecule has 168 valence electrons. The van der Waals surface area contributed by atoms with Crippen LogP contribution in [0, 0.1) is 15.9 Å². The smallest absolute Gasteiger partial charge is 0.266 e. The molecule has 1 atom stereocenters. The molecule has 1 unspecified atom stereocenters. The van der Waals surface area contributed by atoms with Crippen LogP contribution in [0.5, 0.6) is 0 Å². The summed E-state index contributed by atoms with van der Waals surface area (Å²) in [7, 11) is 0. The molecular weight excluding hydrogens is 455 g/mol. The van der Waals surface area contributed by atoms with Gasteiger partial charge in [-0.05, 0) is 41.0 Å². The van der Waals surface area contributed by atoms with Crippen LogP contribution in [0.3, 0.4) is 0 Å². The summed E-state index contributed by atoms with van der Waals surface area (Å²) in [6.45, 7) is 1.87. The van der Waals surface area contributed by atoms with Gasteiger partial charge in [-0.3, -0.25) is 14.9 Å². The molecule has 7 nitrogen and oxygen atoms in total. The van der Waals surface area contributed by atoms with E-state index in [1.165, 1.54) is 34.1 Å². The second kappa shape index (κ2) is 8.60. The van der Waals surface area contributed by atoms with Gasteiger partial charge in [0.1, 0.15) is 5.82 Å². The zero-order valence-electron chi connectivity index (χ0n) is 17.9. The predicted molar refractivity (Wildman–Crippen MR) is 128 cm³/mol. The largest absolute Gasteiger partial charge is 0.291 e. The molecule has 3 aromatic carbocycles. The first kappa shape index (κ1) is 21.6. The van der Waals surface area contributed by atoms with Crippen molar-refractivity contribution in [1.29, 1.82) is 0 Å². The van der Waals surface area contributed by atoms with Crippen LogP contribution in [0.25, 0.3) is 22.2 Å². The van der Waals surface area contributed by atoms with Crippen molar-refractivity contribution >= 4 is 28.1 Å². The second-order valence-electron chi connectivity index (χ2n) is 7.76. The zero-order chi connectivity index (χ0) is 23.8. The first-order chi connectivity index (χ1) is 16.4. The molecule has 5 rings (SSSR count). The fourth-order valence-corrected chi connectivity index (χ4v) is 4.59. The first-order valence-electron chi connectivity index (χ1n) is 10.4. The molecule has 0 saturated carbocycles.